The van der Waals surface area contributed by atoms with Crippen molar-refractivity contribution in [2.45, 2.75) is 13.5 Å². The van der Waals surface area contributed by atoms with Gasteiger partial charge in [0.1, 0.15) is 0 Å². The number of benzene rings is 1. The zero-order valence-electron chi connectivity index (χ0n) is 13.2. The van der Waals surface area contributed by atoms with Gasteiger partial charge in [-0.05, 0) is 46.5 Å². The molecule has 0 fully saturated rings. The number of hydrogen-bond acceptors (Lipinski definition) is 3. The van der Waals surface area contributed by atoms with Crippen molar-refractivity contribution in [2.75, 3.05) is 7.05 Å². The number of amides is 1. The van der Waals surface area contributed by atoms with E-state index in [0.717, 1.165) is 22.4 Å². The van der Waals surface area contributed by atoms with Crippen LogP contribution >= 0.6 is 11.3 Å². The standard InChI is InChI=1S/C19H18N2OS/c1-14-18(19(22)21(2)12-15-9-11-23-13-15)17(8-10-20-14)16-6-4-3-5-7-16/h3-11,13H,12H2,1-2H3. The highest BCUT2D eigenvalue weighted by molar-refractivity contribution is 7.07. The predicted octanol–water partition coefficient (Wildman–Crippen LogP) is 4.39. The Morgan fingerprint density at radius 2 is 1.96 bits per heavy atom. The molecule has 0 radical (unpaired) electrons. The summed E-state index contributed by atoms with van der Waals surface area (Å²) in [6.45, 7) is 2.49. The first-order valence-corrected chi connectivity index (χ1v) is 8.38. The van der Waals surface area contributed by atoms with Crippen molar-refractivity contribution in [3.8, 4) is 11.1 Å². The predicted molar refractivity (Wildman–Crippen MR) is 94.5 cm³/mol. The molecule has 0 aliphatic rings. The molecule has 1 amide bonds. The van der Waals surface area contributed by atoms with E-state index in [9.17, 15) is 4.79 Å². The second-order valence-electron chi connectivity index (χ2n) is 5.48. The molecule has 0 aliphatic carbocycles. The Hall–Kier alpha value is -2.46. The van der Waals surface area contributed by atoms with Crippen molar-refractivity contribution in [3.05, 3.63) is 76.2 Å². The molecule has 0 atom stereocenters. The van der Waals surface area contributed by atoms with Gasteiger partial charge >= 0.3 is 0 Å². The number of pyridine rings is 1. The van der Waals surface area contributed by atoms with Gasteiger partial charge in [-0.25, -0.2) is 0 Å². The fourth-order valence-corrected chi connectivity index (χ4v) is 3.27. The second kappa shape index (κ2) is 6.75. The largest absolute Gasteiger partial charge is 0.337 e. The summed E-state index contributed by atoms with van der Waals surface area (Å²) in [5.41, 5.74) is 4.55. The maximum Gasteiger partial charge on any atom is 0.256 e. The van der Waals surface area contributed by atoms with Crippen molar-refractivity contribution in [2.24, 2.45) is 0 Å². The molecule has 0 aliphatic heterocycles. The molecule has 3 rings (SSSR count). The maximum absolute atomic E-state index is 13.0. The fourth-order valence-electron chi connectivity index (χ4n) is 2.61. The number of hydrogen-bond donors (Lipinski definition) is 0. The minimum Gasteiger partial charge on any atom is -0.337 e. The molecule has 23 heavy (non-hydrogen) atoms. The summed E-state index contributed by atoms with van der Waals surface area (Å²) in [5, 5.41) is 4.09. The number of carbonyl (C=O) groups is 1. The molecule has 0 N–H and O–H groups in total. The lowest BCUT2D eigenvalue weighted by molar-refractivity contribution is 0.0785. The number of carbonyl (C=O) groups excluding carboxylic acids is 1. The topological polar surface area (TPSA) is 33.2 Å². The fraction of sp³-hybridized carbons (Fsp3) is 0.158. The summed E-state index contributed by atoms with van der Waals surface area (Å²) in [7, 11) is 1.83. The van der Waals surface area contributed by atoms with Crippen molar-refractivity contribution >= 4 is 17.2 Å². The van der Waals surface area contributed by atoms with E-state index in [-0.39, 0.29) is 5.91 Å². The summed E-state index contributed by atoms with van der Waals surface area (Å²) in [5.74, 6) is 0.000605. The average molecular weight is 322 g/mol. The van der Waals surface area contributed by atoms with Gasteiger partial charge in [0.15, 0.2) is 0 Å². The molecule has 0 saturated carbocycles. The molecular formula is C19H18N2OS. The van der Waals surface area contributed by atoms with Gasteiger partial charge in [0.25, 0.3) is 5.91 Å². The van der Waals surface area contributed by atoms with Crippen molar-refractivity contribution in [3.63, 3.8) is 0 Å². The zero-order chi connectivity index (χ0) is 16.2. The molecule has 2 aromatic heterocycles. The van der Waals surface area contributed by atoms with E-state index in [1.807, 2.05) is 61.8 Å². The van der Waals surface area contributed by atoms with Gasteiger partial charge in [-0.2, -0.15) is 11.3 Å². The van der Waals surface area contributed by atoms with Gasteiger partial charge in [0, 0.05) is 19.8 Å². The normalized spacial score (nSPS) is 10.5. The third-order valence-electron chi connectivity index (χ3n) is 3.79. The Bertz CT molecular complexity index is 798. The molecule has 3 nitrogen and oxygen atoms in total. The molecule has 4 heteroatoms. The van der Waals surface area contributed by atoms with Crippen LogP contribution in [0.1, 0.15) is 21.6 Å². The smallest absolute Gasteiger partial charge is 0.256 e. The quantitative estimate of drug-likeness (QED) is 0.713. The number of nitrogens with zero attached hydrogens (tertiary/aromatic N) is 2. The average Bonchev–Trinajstić information content (AvgIpc) is 3.08. The van der Waals surface area contributed by atoms with Crippen LogP contribution in [0, 0.1) is 6.92 Å². The van der Waals surface area contributed by atoms with Crippen molar-refractivity contribution in [1.82, 2.24) is 9.88 Å². The van der Waals surface area contributed by atoms with Crippen LogP contribution in [0.25, 0.3) is 11.1 Å². The highest BCUT2D eigenvalue weighted by Crippen LogP contribution is 2.26. The van der Waals surface area contributed by atoms with Gasteiger partial charge in [0.2, 0.25) is 0 Å². The minimum absolute atomic E-state index is 0.000605. The van der Waals surface area contributed by atoms with Gasteiger partial charge in [-0.15, -0.1) is 0 Å². The molecule has 0 unspecified atom stereocenters. The molecule has 0 bridgehead atoms. The number of aromatic nitrogens is 1. The van der Waals surface area contributed by atoms with Crippen LogP contribution in [0.15, 0.2) is 59.4 Å². The monoisotopic (exact) mass is 322 g/mol. The lowest BCUT2D eigenvalue weighted by Crippen LogP contribution is -2.27. The van der Waals surface area contributed by atoms with Crippen LogP contribution in [0.5, 0.6) is 0 Å². The summed E-state index contributed by atoms with van der Waals surface area (Å²) in [6, 6.07) is 13.9. The van der Waals surface area contributed by atoms with Crippen LogP contribution in [0.3, 0.4) is 0 Å². The van der Waals surface area contributed by atoms with E-state index >= 15 is 0 Å². The van der Waals surface area contributed by atoms with Crippen LogP contribution in [0.4, 0.5) is 0 Å². The van der Waals surface area contributed by atoms with E-state index in [2.05, 4.69) is 10.4 Å². The molecular weight excluding hydrogens is 304 g/mol. The minimum atomic E-state index is 0.000605. The number of aryl methyl sites for hydroxylation is 1. The Balaban J connectivity index is 1.97. The summed E-state index contributed by atoms with van der Waals surface area (Å²) >= 11 is 1.64. The van der Waals surface area contributed by atoms with E-state index in [1.165, 1.54) is 0 Å². The first-order valence-electron chi connectivity index (χ1n) is 7.44. The lowest BCUT2D eigenvalue weighted by Gasteiger charge is -2.20. The van der Waals surface area contributed by atoms with Gasteiger partial charge in [-0.1, -0.05) is 30.3 Å². The van der Waals surface area contributed by atoms with Crippen LogP contribution in [-0.2, 0) is 6.54 Å². The maximum atomic E-state index is 13.0. The second-order valence-corrected chi connectivity index (χ2v) is 6.26. The summed E-state index contributed by atoms with van der Waals surface area (Å²) < 4.78 is 0. The highest BCUT2D eigenvalue weighted by atomic mass is 32.1. The molecule has 1 aromatic carbocycles. The van der Waals surface area contributed by atoms with E-state index in [1.54, 1.807) is 22.4 Å². The lowest BCUT2D eigenvalue weighted by atomic mass is 9.98. The van der Waals surface area contributed by atoms with Crippen molar-refractivity contribution < 1.29 is 4.79 Å². The van der Waals surface area contributed by atoms with E-state index < -0.39 is 0 Å². The van der Waals surface area contributed by atoms with Crippen LogP contribution < -0.4 is 0 Å². The van der Waals surface area contributed by atoms with Gasteiger partial charge < -0.3 is 4.90 Å². The molecule has 0 saturated heterocycles. The van der Waals surface area contributed by atoms with Gasteiger partial charge in [-0.3, -0.25) is 9.78 Å². The summed E-state index contributed by atoms with van der Waals surface area (Å²) in [4.78, 5) is 19.0. The third-order valence-corrected chi connectivity index (χ3v) is 4.52. The Morgan fingerprint density at radius 3 is 2.65 bits per heavy atom. The van der Waals surface area contributed by atoms with Crippen LogP contribution in [0.2, 0.25) is 0 Å². The van der Waals surface area contributed by atoms with E-state index in [4.69, 9.17) is 0 Å². The SMILES string of the molecule is Cc1nccc(-c2ccccc2)c1C(=O)N(C)Cc1ccsc1. The Labute approximate surface area is 140 Å². The molecule has 2 heterocycles. The highest BCUT2D eigenvalue weighted by Gasteiger charge is 2.20. The van der Waals surface area contributed by atoms with Crippen molar-refractivity contribution in [1.29, 1.82) is 0 Å². The first-order chi connectivity index (χ1) is 11.2. The Kier molecular flexibility index (Phi) is 4.53. The first kappa shape index (κ1) is 15.4. The Morgan fingerprint density at radius 1 is 1.17 bits per heavy atom. The van der Waals surface area contributed by atoms with Crippen LogP contribution in [-0.4, -0.2) is 22.8 Å². The van der Waals surface area contributed by atoms with E-state index in [0.29, 0.717) is 12.1 Å². The number of rotatable bonds is 4. The molecule has 0 spiro atoms. The number of thiophene rings is 1. The molecule has 3 aromatic rings. The molecule has 116 valence electrons. The third kappa shape index (κ3) is 3.32. The summed E-state index contributed by atoms with van der Waals surface area (Å²) in [6.07, 6.45) is 1.76. The zero-order valence-corrected chi connectivity index (χ0v) is 14.0. The van der Waals surface area contributed by atoms with Gasteiger partial charge in [0.05, 0.1) is 11.3 Å².